The Balaban J connectivity index is 1.53. The van der Waals surface area contributed by atoms with Gasteiger partial charge in [0.2, 0.25) is 0 Å². The standard InChI is InChI=1S/C24H21N3O/c1-16-17(2)26-23-12-10-19(15-22(16)23)24(28)27-21-8-5-6-18(14-21)9-11-20-7-3-4-13-25-20/h3-15,26H,1-2H3,(H,27,28)/b11-9+. The van der Waals surface area contributed by atoms with Crippen LogP contribution in [0.2, 0.25) is 0 Å². The van der Waals surface area contributed by atoms with Crippen LogP contribution >= 0.6 is 0 Å². The number of nitrogens with zero attached hydrogens (tertiary/aromatic N) is 1. The molecule has 4 heteroatoms. The minimum absolute atomic E-state index is 0.119. The summed E-state index contributed by atoms with van der Waals surface area (Å²) in [5.74, 6) is -0.119. The van der Waals surface area contributed by atoms with Gasteiger partial charge in [0.1, 0.15) is 0 Å². The molecular formula is C24H21N3O. The van der Waals surface area contributed by atoms with Gasteiger partial charge in [-0.05, 0) is 73.5 Å². The topological polar surface area (TPSA) is 57.8 Å². The Morgan fingerprint density at radius 3 is 2.71 bits per heavy atom. The summed E-state index contributed by atoms with van der Waals surface area (Å²) in [4.78, 5) is 20.3. The lowest BCUT2D eigenvalue weighted by atomic mass is 10.1. The monoisotopic (exact) mass is 367 g/mol. The zero-order valence-corrected chi connectivity index (χ0v) is 15.9. The molecule has 0 atom stereocenters. The average molecular weight is 367 g/mol. The number of aryl methyl sites for hydroxylation is 2. The molecule has 28 heavy (non-hydrogen) atoms. The first-order chi connectivity index (χ1) is 13.6. The van der Waals surface area contributed by atoms with Gasteiger partial charge in [0.05, 0.1) is 5.69 Å². The molecule has 4 nitrogen and oxygen atoms in total. The van der Waals surface area contributed by atoms with Crippen molar-refractivity contribution in [3.63, 3.8) is 0 Å². The average Bonchev–Trinajstić information content (AvgIpc) is 3.01. The number of benzene rings is 2. The summed E-state index contributed by atoms with van der Waals surface area (Å²) in [5, 5.41) is 4.07. The first-order valence-electron chi connectivity index (χ1n) is 9.19. The van der Waals surface area contributed by atoms with E-state index in [1.165, 1.54) is 5.56 Å². The molecule has 0 spiro atoms. The summed E-state index contributed by atoms with van der Waals surface area (Å²) >= 11 is 0. The number of hydrogen-bond acceptors (Lipinski definition) is 2. The van der Waals surface area contributed by atoms with Crippen molar-refractivity contribution in [3.8, 4) is 0 Å². The van der Waals surface area contributed by atoms with Crippen LogP contribution in [0.3, 0.4) is 0 Å². The fourth-order valence-corrected chi connectivity index (χ4v) is 3.18. The summed E-state index contributed by atoms with van der Waals surface area (Å²) in [7, 11) is 0. The fourth-order valence-electron chi connectivity index (χ4n) is 3.18. The van der Waals surface area contributed by atoms with E-state index in [0.29, 0.717) is 5.56 Å². The minimum atomic E-state index is -0.119. The third-order valence-corrected chi connectivity index (χ3v) is 4.85. The normalized spacial score (nSPS) is 11.2. The lowest BCUT2D eigenvalue weighted by Crippen LogP contribution is -2.11. The molecule has 4 rings (SSSR count). The quantitative estimate of drug-likeness (QED) is 0.493. The summed E-state index contributed by atoms with van der Waals surface area (Å²) in [5.41, 5.74) is 6.64. The van der Waals surface area contributed by atoms with Crippen LogP contribution in [0, 0.1) is 13.8 Å². The summed E-state index contributed by atoms with van der Waals surface area (Å²) < 4.78 is 0. The number of rotatable bonds is 4. The lowest BCUT2D eigenvalue weighted by molar-refractivity contribution is 0.102. The van der Waals surface area contributed by atoms with Gasteiger partial charge in [-0.15, -0.1) is 0 Å². The molecule has 2 aromatic heterocycles. The highest BCUT2D eigenvalue weighted by Gasteiger charge is 2.10. The predicted octanol–water partition coefficient (Wildman–Crippen LogP) is 5.60. The zero-order chi connectivity index (χ0) is 19.5. The van der Waals surface area contributed by atoms with E-state index in [4.69, 9.17) is 0 Å². The number of H-pyrrole nitrogens is 1. The van der Waals surface area contributed by atoms with Crippen LogP contribution in [0.15, 0.2) is 66.9 Å². The van der Waals surface area contributed by atoms with Gasteiger partial charge in [-0.3, -0.25) is 9.78 Å². The Hall–Kier alpha value is -3.66. The summed E-state index contributed by atoms with van der Waals surface area (Å²) in [6.07, 6.45) is 5.70. The molecule has 2 heterocycles. The Morgan fingerprint density at radius 1 is 1.00 bits per heavy atom. The van der Waals surface area contributed by atoms with E-state index in [2.05, 4.69) is 22.2 Å². The molecular weight excluding hydrogens is 346 g/mol. The molecule has 138 valence electrons. The second-order valence-corrected chi connectivity index (χ2v) is 6.80. The molecule has 4 aromatic rings. The molecule has 2 aromatic carbocycles. The number of anilines is 1. The molecule has 0 unspecified atom stereocenters. The van der Waals surface area contributed by atoms with Crippen molar-refractivity contribution < 1.29 is 4.79 Å². The molecule has 0 radical (unpaired) electrons. The number of carbonyl (C=O) groups excluding carboxylic acids is 1. The van der Waals surface area contributed by atoms with Crippen LogP contribution in [-0.2, 0) is 0 Å². The van der Waals surface area contributed by atoms with Crippen LogP contribution in [0.25, 0.3) is 23.1 Å². The van der Waals surface area contributed by atoms with Crippen molar-refractivity contribution in [2.45, 2.75) is 13.8 Å². The van der Waals surface area contributed by atoms with Crippen LogP contribution in [0.4, 0.5) is 5.69 Å². The maximum Gasteiger partial charge on any atom is 0.255 e. The number of hydrogen-bond donors (Lipinski definition) is 2. The summed E-state index contributed by atoms with van der Waals surface area (Å²) in [6, 6.07) is 19.3. The van der Waals surface area contributed by atoms with Crippen molar-refractivity contribution in [1.82, 2.24) is 9.97 Å². The Morgan fingerprint density at radius 2 is 1.89 bits per heavy atom. The van der Waals surface area contributed by atoms with E-state index in [1.54, 1.807) is 6.20 Å². The van der Waals surface area contributed by atoms with Gasteiger partial charge in [-0.1, -0.05) is 24.3 Å². The molecule has 0 aliphatic rings. The number of aromatic nitrogens is 2. The van der Waals surface area contributed by atoms with Crippen molar-refractivity contribution in [2.24, 2.45) is 0 Å². The third-order valence-electron chi connectivity index (χ3n) is 4.85. The molecule has 0 fully saturated rings. The number of fused-ring (bicyclic) bond motifs is 1. The Bertz CT molecular complexity index is 1170. The van der Waals surface area contributed by atoms with E-state index >= 15 is 0 Å². The molecule has 1 amide bonds. The third kappa shape index (κ3) is 3.71. The van der Waals surface area contributed by atoms with Crippen LogP contribution in [0.5, 0.6) is 0 Å². The van der Waals surface area contributed by atoms with Gasteiger partial charge in [-0.25, -0.2) is 0 Å². The highest BCUT2D eigenvalue weighted by Crippen LogP contribution is 2.23. The predicted molar refractivity (Wildman–Crippen MR) is 115 cm³/mol. The van der Waals surface area contributed by atoms with E-state index in [1.807, 2.05) is 79.7 Å². The van der Waals surface area contributed by atoms with Crippen LogP contribution in [0.1, 0.15) is 32.9 Å². The van der Waals surface area contributed by atoms with Gasteiger partial charge >= 0.3 is 0 Å². The second kappa shape index (κ2) is 7.53. The van der Waals surface area contributed by atoms with E-state index in [9.17, 15) is 4.79 Å². The van der Waals surface area contributed by atoms with Crippen molar-refractivity contribution >= 4 is 34.6 Å². The van der Waals surface area contributed by atoms with Crippen molar-refractivity contribution in [1.29, 1.82) is 0 Å². The van der Waals surface area contributed by atoms with E-state index in [0.717, 1.165) is 33.5 Å². The lowest BCUT2D eigenvalue weighted by Gasteiger charge is -2.07. The molecule has 2 N–H and O–H groups in total. The number of carbonyl (C=O) groups is 1. The maximum absolute atomic E-state index is 12.7. The molecule has 0 saturated carbocycles. The second-order valence-electron chi connectivity index (χ2n) is 6.80. The number of nitrogens with one attached hydrogen (secondary N) is 2. The van der Waals surface area contributed by atoms with Gasteiger partial charge in [0.25, 0.3) is 5.91 Å². The van der Waals surface area contributed by atoms with Crippen LogP contribution in [-0.4, -0.2) is 15.9 Å². The van der Waals surface area contributed by atoms with Crippen molar-refractivity contribution in [3.05, 3.63) is 94.9 Å². The first kappa shape index (κ1) is 17.7. The van der Waals surface area contributed by atoms with Gasteiger partial charge in [-0.2, -0.15) is 0 Å². The number of aromatic amines is 1. The van der Waals surface area contributed by atoms with Gasteiger partial charge in [0.15, 0.2) is 0 Å². The molecule has 0 aliphatic carbocycles. The Kier molecular flexibility index (Phi) is 4.77. The SMILES string of the molecule is Cc1[nH]c2ccc(C(=O)Nc3cccc(/C=C/c4ccccn4)c3)cc2c1C. The smallest absolute Gasteiger partial charge is 0.255 e. The minimum Gasteiger partial charge on any atom is -0.358 e. The van der Waals surface area contributed by atoms with Gasteiger partial charge in [0, 0.05) is 34.0 Å². The highest BCUT2D eigenvalue weighted by molar-refractivity contribution is 6.06. The zero-order valence-electron chi connectivity index (χ0n) is 15.9. The largest absolute Gasteiger partial charge is 0.358 e. The van der Waals surface area contributed by atoms with Gasteiger partial charge < -0.3 is 10.3 Å². The fraction of sp³-hybridized carbons (Fsp3) is 0.0833. The van der Waals surface area contributed by atoms with E-state index < -0.39 is 0 Å². The van der Waals surface area contributed by atoms with Crippen LogP contribution < -0.4 is 5.32 Å². The number of pyridine rings is 1. The molecule has 0 saturated heterocycles. The van der Waals surface area contributed by atoms with Crippen molar-refractivity contribution in [2.75, 3.05) is 5.32 Å². The Labute approximate surface area is 164 Å². The number of amides is 1. The highest BCUT2D eigenvalue weighted by atomic mass is 16.1. The molecule has 0 aliphatic heterocycles. The summed E-state index contributed by atoms with van der Waals surface area (Å²) in [6.45, 7) is 4.10. The first-order valence-corrected chi connectivity index (χ1v) is 9.19. The molecule has 0 bridgehead atoms. The maximum atomic E-state index is 12.7. The van der Waals surface area contributed by atoms with E-state index in [-0.39, 0.29) is 5.91 Å².